The van der Waals surface area contributed by atoms with Crippen LogP contribution in [0.3, 0.4) is 0 Å². The van der Waals surface area contributed by atoms with Gasteiger partial charge in [0.25, 0.3) is 0 Å². The van der Waals surface area contributed by atoms with Crippen molar-refractivity contribution >= 4 is 17.5 Å². The van der Waals surface area contributed by atoms with Gasteiger partial charge in [-0.1, -0.05) is 29.8 Å². The zero-order valence-electron chi connectivity index (χ0n) is 14.3. The highest BCUT2D eigenvalue weighted by Gasteiger charge is 2.27. The van der Waals surface area contributed by atoms with Crippen molar-refractivity contribution in [3.8, 4) is 0 Å². The molecule has 0 N–H and O–H groups in total. The summed E-state index contributed by atoms with van der Waals surface area (Å²) in [6.45, 7) is 5.60. The Bertz CT molecular complexity index is 757. The zero-order chi connectivity index (χ0) is 17.3. The summed E-state index contributed by atoms with van der Waals surface area (Å²) in [5.74, 6) is 0.106. The quantitative estimate of drug-likeness (QED) is 0.857. The minimum absolute atomic E-state index is 0.106. The van der Waals surface area contributed by atoms with E-state index >= 15 is 0 Å². The molecule has 0 spiro atoms. The van der Waals surface area contributed by atoms with Crippen molar-refractivity contribution in [2.24, 2.45) is 7.05 Å². The lowest BCUT2D eigenvalue weighted by molar-refractivity contribution is -0.138. The summed E-state index contributed by atoms with van der Waals surface area (Å²) in [6.07, 6.45) is 0.202. The fourth-order valence-electron chi connectivity index (χ4n) is 3.14. The molecule has 3 rings (SSSR count). The minimum atomic E-state index is -0.174. The van der Waals surface area contributed by atoms with E-state index in [2.05, 4.69) is 5.10 Å². The number of hydrogen-bond acceptors (Lipinski definition) is 3. The minimum Gasteiger partial charge on any atom is -0.370 e. The molecule has 5 nitrogen and oxygen atoms in total. The molecule has 0 radical (unpaired) electrons. The van der Waals surface area contributed by atoms with Gasteiger partial charge in [-0.25, -0.2) is 0 Å². The summed E-state index contributed by atoms with van der Waals surface area (Å²) in [7, 11) is 1.90. The first-order valence-electron chi connectivity index (χ1n) is 8.10. The second-order valence-electron chi connectivity index (χ2n) is 6.17. The van der Waals surface area contributed by atoms with Gasteiger partial charge in [0.1, 0.15) is 6.10 Å². The topological polar surface area (TPSA) is 47.4 Å². The van der Waals surface area contributed by atoms with Crippen LogP contribution in [0.15, 0.2) is 24.3 Å². The highest BCUT2D eigenvalue weighted by molar-refractivity contribution is 6.31. The first kappa shape index (κ1) is 17.0. The van der Waals surface area contributed by atoms with E-state index in [1.54, 1.807) is 0 Å². The number of benzene rings is 1. The van der Waals surface area contributed by atoms with Crippen molar-refractivity contribution in [3.05, 3.63) is 51.8 Å². The molecule has 2 aromatic rings. The molecule has 1 aromatic carbocycles. The van der Waals surface area contributed by atoms with Crippen LogP contribution in [0.25, 0.3) is 0 Å². The summed E-state index contributed by atoms with van der Waals surface area (Å²) in [5.41, 5.74) is 3.91. The molecule has 1 aliphatic rings. The first-order chi connectivity index (χ1) is 11.5. The Morgan fingerprint density at radius 2 is 2.12 bits per heavy atom. The van der Waals surface area contributed by atoms with Crippen LogP contribution >= 0.6 is 11.6 Å². The molecule has 1 aromatic heterocycles. The highest BCUT2D eigenvalue weighted by atomic mass is 35.5. The molecule has 128 valence electrons. The molecule has 1 aliphatic heterocycles. The van der Waals surface area contributed by atoms with E-state index in [9.17, 15) is 4.79 Å². The number of ether oxygens (including phenoxy) is 1. The molecule has 0 bridgehead atoms. The van der Waals surface area contributed by atoms with Crippen molar-refractivity contribution < 1.29 is 9.53 Å². The molecule has 24 heavy (non-hydrogen) atoms. The lowest BCUT2D eigenvalue weighted by atomic mass is 10.1. The normalized spacial score (nSPS) is 18.0. The number of morpholine rings is 1. The summed E-state index contributed by atoms with van der Waals surface area (Å²) < 4.78 is 7.66. The number of carbonyl (C=O) groups excluding carboxylic acids is 1. The smallest absolute Gasteiger partial charge is 0.227 e. The Kier molecular flexibility index (Phi) is 4.92. The van der Waals surface area contributed by atoms with Crippen LogP contribution in [0.5, 0.6) is 0 Å². The number of hydrogen-bond donors (Lipinski definition) is 0. The third kappa shape index (κ3) is 3.32. The average molecular weight is 348 g/mol. The molecular weight excluding hydrogens is 326 g/mol. The van der Waals surface area contributed by atoms with Gasteiger partial charge in [-0.15, -0.1) is 0 Å². The number of halogens is 1. The SMILES string of the molecule is Cc1nn(C)c(C)c1CC(=O)N1CCO[C@@H](c2ccccc2Cl)C1. The van der Waals surface area contributed by atoms with E-state index in [1.165, 1.54) is 0 Å². The van der Waals surface area contributed by atoms with E-state index in [-0.39, 0.29) is 12.0 Å². The molecule has 2 heterocycles. The van der Waals surface area contributed by atoms with Crippen LogP contribution in [0.1, 0.15) is 28.6 Å². The maximum Gasteiger partial charge on any atom is 0.227 e. The van der Waals surface area contributed by atoms with Crippen LogP contribution in [-0.4, -0.2) is 40.3 Å². The van der Waals surface area contributed by atoms with Crippen molar-refractivity contribution in [1.29, 1.82) is 0 Å². The Morgan fingerprint density at radius 3 is 2.79 bits per heavy atom. The Labute approximate surface area is 147 Å². The molecule has 6 heteroatoms. The van der Waals surface area contributed by atoms with E-state index < -0.39 is 0 Å². The molecular formula is C18H22ClN3O2. The van der Waals surface area contributed by atoms with E-state index in [1.807, 2.05) is 54.7 Å². The third-order valence-corrected chi connectivity index (χ3v) is 5.00. The number of aryl methyl sites for hydroxylation is 2. The summed E-state index contributed by atoms with van der Waals surface area (Å²) in [5, 5.41) is 5.06. The monoisotopic (exact) mass is 347 g/mol. The zero-order valence-corrected chi connectivity index (χ0v) is 15.0. The number of nitrogens with zero attached hydrogens (tertiary/aromatic N) is 3. The standard InChI is InChI=1S/C18H22ClN3O2/c1-12-15(13(2)21(3)20-12)10-18(23)22-8-9-24-17(11-22)14-6-4-5-7-16(14)19/h4-7,17H,8-11H2,1-3H3/t17-/m1/s1. The van der Waals surface area contributed by atoms with Crippen molar-refractivity contribution in [2.75, 3.05) is 19.7 Å². The Hall–Kier alpha value is -1.85. The lowest BCUT2D eigenvalue weighted by Crippen LogP contribution is -2.43. The summed E-state index contributed by atoms with van der Waals surface area (Å²) in [6, 6.07) is 7.64. The Balaban J connectivity index is 1.73. The van der Waals surface area contributed by atoms with E-state index in [0.717, 1.165) is 22.5 Å². The molecule has 0 unspecified atom stereocenters. The van der Waals surface area contributed by atoms with Crippen LogP contribution in [0, 0.1) is 13.8 Å². The van der Waals surface area contributed by atoms with Gasteiger partial charge in [0.05, 0.1) is 25.3 Å². The van der Waals surface area contributed by atoms with Gasteiger partial charge >= 0.3 is 0 Å². The maximum atomic E-state index is 12.7. The van der Waals surface area contributed by atoms with Crippen molar-refractivity contribution in [3.63, 3.8) is 0 Å². The third-order valence-electron chi connectivity index (χ3n) is 4.66. The predicted octanol–water partition coefficient (Wildman–Crippen LogP) is 2.83. The number of carbonyl (C=O) groups is 1. The van der Waals surface area contributed by atoms with E-state index in [0.29, 0.717) is 31.1 Å². The van der Waals surface area contributed by atoms with Crippen LogP contribution in [-0.2, 0) is 23.0 Å². The van der Waals surface area contributed by atoms with Gasteiger partial charge < -0.3 is 9.64 Å². The number of aromatic nitrogens is 2. The Morgan fingerprint density at radius 1 is 1.38 bits per heavy atom. The van der Waals surface area contributed by atoms with Crippen LogP contribution < -0.4 is 0 Å². The lowest BCUT2D eigenvalue weighted by Gasteiger charge is -2.33. The molecule has 0 saturated carbocycles. The molecule has 1 fully saturated rings. The first-order valence-corrected chi connectivity index (χ1v) is 8.48. The largest absolute Gasteiger partial charge is 0.370 e. The second-order valence-corrected chi connectivity index (χ2v) is 6.58. The fraction of sp³-hybridized carbons (Fsp3) is 0.444. The predicted molar refractivity (Wildman–Crippen MR) is 93.1 cm³/mol. The van der Waals surface area contributed by atoms with Gasteiger partial charge in [-0.2, -0.15) is 5.10 Å². The second kappa shape index (κ2) is 6.95. The molecule has 1 saturated heterocycles. The van der Waals surface area contributed by atoms with Crippen molar-refractivity contribution in [2.45, 2.75) is 26.4 Å². The average Bonchev–Trinajstić information content (AvgIpc) is 2.81. The van der Waals surface area contributed by atoms with Crippen LogP contribution in [0.4, 0.5) is 0 Å². The van der Waals surface area contributed by atoms with Gasteiger partial charge in [-0.05, 0) is 19.9 Å². The van der Waals surface area contributed by atoms with E-state index in [4.69, 9.17) is 16.3 Å². The fourth-order valence-corrected chi connectivity index (χ4v) is 3.39. The molecule has 1 atom stereocenters. The van der Waals surface area contributed by atoms with Gasteiger partial charge in [0, 0.05) is 35.4 Å². The van der Waals surface area contributed by atoms with Gasteiger partial charge in [0.15, 0.2) is 0 Å². The maximum absolute atomic E-state index is 12.7. The number of rotatable bonds is 3. The summed E-state index contributed by atoms with van der Waals surface area (Å²) in [4.78, 5) is 14.6. The summed E-state index contributed by atoms with van der Waals surface area (Å²) >= 11 is 6.26. The van der Waals surface area contributed by atoms with Gasteiger partial charge in [0.2, 0.25) is 5.91 Å². The highest BCUT2D eigenvalue weighted by Crippen LogP contribution is 2.28. The molecule has 0 aliphatic carbocycles. The molecule has 1 amide bonds. The number of amides is 1. The van der Waals surface area contributed by atoms with Crippen LogP contribution in [0.2, 0.25) is 5.02 Å². The van der Waals surface area contributed by atoms with Gasteiger partial charge in [-0.3, -0.25) is 9.48 Å². The van der Waals surface area contributed by atoms with Crippen molar-refractivity contribution in [1.82, 2.24) is 14.7 Å².